The van der Waals surface area contributed by atoms with Gasteiger partial charge in [0.2, 0.25) is 0 Å². The fourth-order valence-corrected chi connectivity index (χ4v) is 0.213. The third-order valence-corrected chi connectivity index (χ3v) is 0.400. The zero-order chi connectivity index (χ0) is 5.86. The van der Waals surface area contributed by atoms with Crippen LogP contribution >= 0.6 is 0 Å². The van der Waals surface area contributed by atoms with Gasteiger partial charge in [0.15, 0.2) is 0 Å². The van der Waals surface area contributed by atoms with Gasteiger partial charge in [0.05, 0.1) is 0 Å². The number of hydrogen-bond donors (Lipinski definition) is 1. The zero-order valence-electron chi connectivity index (χ0n) is 5.97. The van der Waals surface area contributed by atoms with E-state index in [1.165, 1.54) is 6.92 Å². The third kappa shape index (κ3) is 17.9. The van der Waals surface area contributed by atoms with Crippen LogP contribution in [-0.4, -0.2) is 16.9 Å². The number of carboxylic acid groups (broad SMARTS) is 1. The molecule has 0 aromatic rings. The van der Waals surface area contributed by atoms with Crippen LogP contribution in [0.2, 0.25) is 0 Å². The maximum Gasteiger partial charge on any atom is 1.00 e. The van der Waals surface area contributed by atoms with Gasteiger partial charge in [-0.15, -0.1) is 0 Å². The quantitative estimate of drug-likeness (QED) is 0.262. The predicted octanol–water partition coefficient (Wildman–Crippen LogP) is -2.50. The van der Waals surface area contributed by atoms with Gasteiger partial charge in [-0.1, -0.05) is 0 Å². The van der Waals surface area contributed by atoms with Crippen LogP contribution in [0.3, 0.4) is 0 Å². The molecule has 0 radical (unpaired) electrons. The first kappa shape index (κ1) is 16.1. The Labute approximate surface area is 76.7 Å². The predicted molar refractivity (Wildman–Crippen MR) is 29.3 cm³/mol. The molecule has 0 bridgehead atoms. The van der Waals surface area contributed by atoms with E-state index in [1.807, 2.05) is 0 Å². The van der Waals surface area contributed by atoms with E-state index in [1.54, 1.807) is 0 Å². The molecule has 0 saturated carbocycles. The molecule has 0 aliphatic carbocycles. The van der Waals surface area contributed by atoms with E-state index in [9.17, 15) is 9.59 Å². The van der Waals surface area contributed by atoms with Gasteiger partial charge < -0.3 is 12.5 Å². The van der Waals surface area contributed by atoms with Crippen LogP contribution in [0.5, 0.6) is 0 Å². The molecule has 4 heteroatoms. The smallest absolute Gasteiger partial charge is 0.481 e. The van der Waals surface area contributed by atoms with Crippen molar-refractivity contribution >= 4 is 11.8 Å². The van der Waals surface area contributed by atoms with Crippen molar-refractivity contribution in [3.05, 3.63) is 7.43 Å². The maximum atomic E-state index is 9.87. The second-order valence-electron chi connectivity index (χ2n) is 1.27. The van der Waals surface area contributed by atoms with Crippen molar-refractivity contribution in [2.75, 3.05) is 0 Å². The van der Waals surface area contributed by atoms with E-state index in [0.717, 1.165) is 0 Å². The van der Waals surface area contributed by atoms with Gasteiger partial charge in [-0.2, -0.15) is 0 Å². The first-order valence-corrected chi connectivity index (χ1v) is 1.84. The molecule has 0 amide bonds. The molecule has 0 rings (SSSR count). The molecule has 3 nitrogen and oxygen atoms in total. The summed E-state index contributed by atoms with van der Waals surface area (Å²) in [5, 5.41) is 7.86. The standard InChI is InChI=1S/C4H6O3.CH3.Na/c1-3(5)2-4(6)7;;/h2H2,1H3,(H,6,7);1H3;/q;-1;+1. The molecule has 1 N–H and O–H groups in total. The Morgan fingerprint density at radius 3 is 1.78 bits per heavy atom. The first-order chi connectivity index (χ1) is 3.13. The maximum absolute atomic E-state index is 9.87. The van der Waals surface area contributed by atoms with Crippen LogP contribution in [0.4, 0.5) is 0 Å². The van der Waals surface area contributed by atoms with Crippen molar-refractivity contribution in [1.82, 2.24) is 0 Å². The summed E-state index contributed by atoms with van der Waals surface area (Å²) < 4.78 is 0. The van der Waals surface area contributed by atoms with Crippen LogP contribution in [0.1, 0.15) is 13.3 Å². The molecule has 9 heavy (non-hydrogen) atoms. The molecule has 0 aromatic carbocycles. The molecular formula is C5H9NaO3. The summed E-state index contributed by atoms with van der Waals surface area (Å²) in [5.41, 5.74) is 0. The van der Waals surface area contributed by atoms with E-state index >= 15 is 0 Å². The number of aliphatic carboxylic acids is 1. The molecule has 0 aromatic heterocycles. The average molecular weight is 140 g/mol. The van der Waals surface area contributed by atoms with Crippen molar-refractivity contribution < 1.29 is 44.3 Å². The second kappa shape index (κ2) is 8.14. The molecule has 0 aliphatic heterocycles. The number of ketones is 1. The Morgan fingerprint density at radius 2 is 1.78 bits per heavy atom. The molecule has 0 atom stereocenters. The normalized spacial score (nSPS) is 6.33. The summed E-state index contributed by atoms with van der Waals surface area (Å²) in [7, 11) is 0. The zero-order valence-corrected chi connectivity index (χ0v) is 7.97. The van der Waals surface area contributed by atoms with Crippen LogP contribution in [0, 0.1) is 7.43 Å². The summed E-state index contributed by atoms with van der Waals surface area (Å²) in [4.78, 5) is 19.5. The first-order valence-electron chi connectivity index (χ1n) is 1.84. The third-order valence-electron chi connectivity index (χ3n) is 0.400. The minimum atomic E-state index is -1.06. The van der Waals surface area contributed by atoms with Gasteiger partial charge in [0, 0.05) is 0 Å². The molecule has 0 saturated heterocycles. The summed E-state index contributed by atoms with van der Waals surface area (Å²) in [6.45, 7) is 1.24. The van der Waals surface area contributed by atoms with E-state index < -0.39 is 5.97 Å². The Morgan fingerprint density at radius 1 is 1.44 bits per heavy atom. The van der Waals surface area contributed by atoms with E-state index in [-0.39, 0.29) is 49.2 Å². The van der Waals surface area contributed by atoms with Crippen molar-refractivity contribution in [1.29, 1.82) is 0 Å². The van der Waals surface area contributed by atoms with Crippen LogP contribution in [0.25, 0.3) is 0 Å². The van der Waals surface area contributed by atoms with Gasteiger partial charge in [0.25, 0.3) is 0 Å². The Hall–Kier alpha value is 0.140. The van der Waals surface area contributed by atoms with Gasteiger partial charge in [-0.25, -0.2) is 0 Å². The SMILES string of the molecule is CC(=O)CC(=O)O.[CH3-].[Na+]. The molecule has 0 unspecified atom stereocenters. The monoisotopic (exact) mass is 140 g/mol. The fourth-order valence-electron chi connectivity index (χ4n) is 0.213. The van der Waals surface area contributed by atoms with Crippen molar-refractivity contribution in [3.8, 4) is 0 Å². The van der Waals surface area contributed by atoms with E-state index in [0.29, 0.717) is 0 Å². The summed E-state index contributed by atoms with van der Waals surface area (Å²) in [6.07, 6.45) is -0.361. The number of carboxylic acids is 1. The molecule has 0 aliphatic rings. The summed E-state index contributed by atoms with van der Waals surface area (Å²) in [6, 6.07) is 0. The van der Waals surface area contributed by atoms with Crippen LogP contribution < -0.4 is 29.6 Å². The topological polar surface area (TPSA) is 54.4 Å². The largest absolute Gasteiger partial charge is 1.00 e. The molecular weight excluding hydrogens is 131 g/mol. The van der Waals surface area contributed by atoms with Crippen molar-refractivity contribution in [3.63, 3.8) is 0 Å². The second-order valence-corrected chi connectivity index (χ2v) is 1.27. The van der Waals surface area contributed by atoms with Gasteiger partial charge in [-0.05, 0) is 6.92 Å². The van der Waals surface area contributed by atoms with Gasteiger partial charge in [-0.3, -0.25) is 9.59 Å². The van der Waals surface area contributed by atoms with Crippen molar-refractivity contribution in [2.24, 2.45) is 0 Å². The fraction of sp³-hybridized carbons (Fsp3) is 0.400. The van der Waals surface area contributed by atoms with Gasteiger partial charge in [0.1, 0.15) is 12.2 Å². The molecule has 0 heterocycles. The Bertz CT molecular complexity index is 88.4. The minimum absolute atomic E-state index is 0. The van der Waals surface area contributed by atoms with E-state index in [2.05, 4.69) is 0 Å². The number of carbonyl (C=O) groups excluding carboxylic acids is 1. The number of Topliss-reactive ketones (excluding diaryl/α,β-unsaturated/α-hetero) is 1. The molecule has 48 valence electrons. The van der Waals surface area contributed by atoms with Crippen LogP contribution in [-0.2, 0) is 9.59 Å². The Balaban J connectivity index is -0.000000180. The van der Waals surface area contributed by atoms with Gasteiger partial charge >= 0.3 is 35.5 Å². The number of rotatable bonds is 2. The number of carbonyl (C=O) groups is 2. The minimum Gasteiger partial charge on any atom is -0.481 e. The average Bonchev–Trinajstić information content (AvgIpc) is 1.27. The molecule has 0 fully saturated rings. The number of hydrogen-bond acceptors (Lipinski definition) is 2. The summed E-state index contributed by atoms with van der Waals surface area (Å²) >= 11 is 0. The summed E-state index contributed by atoms with van der Waals surface area (Å²) in [5.74, 6) is -1.37. The van der Waals surface area contributed by atoms with E-state index in [4.69, 9.17) is 5.11 Å². The van der Waals surface area contributed by atoms with Crippen molar-refractivity contribution in [2.45, 2.75) is 13.3 Å². The molecule has 0 spiro atoms. The van der Waals surface area contributed by atoms with Crippen LogP contribution in [0.15, 0.2) is 0 Å². The Kier molecular flexibility index (Phi) is 14.5.